The van der Waals surface area contributed by atoms with Crippen molar-refractivity contribution in [1.82, 2.24) is 9.88 Å². The molecule has 2 nitrogen and oxygen atoms in total. The highest BCUT2D eigenvalue weighted by Gasteiger charge is 2.23. The molecule has 1 fully saturated rings. The average Bonchev–Trinajstić information content (AvgIpc) is 2.83. The molecule has 3 rings (SSSR count). The lowest BCUT2D eigenvalue weighted by atomic mass is 9.98. The van der Waals surface area contributed by atoms with Crippen LogP contribution < -0.4 is 0 Å². The predicted molar refractivity (Wildman–Crippen MR) is 63.2 cm³/mol. The lowest BCUT2D eigenvalue weighted by Gasteiger charge is -2.09. The Morgan fingerprint density at radius 3 is 3.00 bits per heavy atom. The third-order valence-corrected chi connectivity index (χ3v) is 3.45. The fraction of sp³-hybridized carbons (Fsp3) is 0.385. The monoisotopic (exact) mass is 200 g/mol. The summed E-state index contributed by atoms with van der Waals surface area (Å²) in [5.41, 5.74) is 2.76. The van der Waals surface area contributed by atoms with Crippen LogP contribution in [0, 0.1) is 0 Å². The summed E-state index contributed by atoms with van der Waals surface area (Å²) < 4.78 is 0. The highest BCUT2D eigenvalue weighted by Crippen LogP contribution is 2.31. The number of nitrogens with zero attached hydrogens (tertiary/aromatic N) is 1. The van der Waals surface area contributed by atoms with E-state index in [2.05, 4.69) is 47.4 Å². The number of aromatic amines is 1. The second-order valence-electron chi connectivity index (χ2n) is 4.54. The Kier molecular flexibility index (Phi) is 2.03. The van der Waals surface area contributed by atoms with Gasteiger partial charge in [0.05, 0.1) is 0 Å². The number of hydrogen-bond donors (Lipinski definition) is 1. The van der Waals surface area contributed by atoms with Crippen molar-refractivity contribution in [3.05, 3.63) is 36.0 Å². The average molecular weight is 200 g/mol. The third kappa shape index (κ3) is 1.45. The first-order chi connectivity index (χ1) is 7.34. The van der Waals surface area contributed by atoms with Crippen LogP contribution in [0.1, 0.15) is 17.9 Å². The summed E-state index contributed by atoms with van der Waals surface area (Å²) >= 11 is 0. The molecule has 0 aliphatic carbocycles. The van der Waals surface area contributed by atoms with Crippen LogP contribution in [0.3, 0.4) is 0 Å². The molecule has 0 spiro atoms. The van der Waals surface area contributed by atoms with Gasteiger partial charge in [-0.3, -0.25) is 0 Å². The molecule has 1 N–H and O–H groups in total. The Morgan fingerprint density at radius 2 is 2.20 bits per heavy atom. The number of hydrogen-bond acceptors (Lipinski definition) is 1. The number of aromatic nitrogens is 1. The van der Waals surface area contributed by atoms with Crippen LogP contribution in [0.25, 0.3) is 10.9 Å². The van der Waals surface area contributed by atoms with E-state index in [-0.39, 0.29) is 0 Å². The van der Waals surface area contributed by atoms with Gasteiger partial charge in [-0.1, -0.05) is 18.2 Å². The largest absolute Gasteiger partial charge is 0.361 e. The van der Waals surface area contributed by atoms with Gasteiger partial charge in [-0.15, -0.1) is 0 Å². The van der Waals surface area contributed by atoms with E-state index in [1.807, 2.05) is 0 Å². The first kappa shape index (κ1) is 8.98. The first-order valence-corrected chi connectivity index (χ1v) is 5.59. The molecule has 0 unspecified atom stereocenters. The van der Waals surface area contributed by atoms with E-state index in [0.29, 0.717) is 5.92 Å². The summed E-state index contributed by atoms with van der Waals surface area (Å²) in [5, 5.41) is 1.40. The van der Waals surface area contributed by atoms with Crippen molar-refractivity contribution < 1.29 is 0 Å². The van der Waals surface area contributed by atoms with Crippen molar-refractivity contribution >= 4 is 10.9 Å². The van der Waals surface area contributed by atoms with Crippen LogP contribution in [0.5, 0.6) is 0 Å². The normalized spacial score (nSPS) is 22.6. The van der Waals surface area contributed by atoms with Crippen molar-refractivity contribution in [1.29, 1.82) is 0 Å². The SMILES string of the molecule is CN1CC[C@@H](c2c[nH]c3ccccc23)C1. The second kappa shape index (κ2) is 3.38. The quantitative estimate of drug-likeness (QED) is 0.749. The van der Waals surface area contributed by atoms with Crippen molar-refractivity contribution in [2.75, 3.05) is 20.1 Å². The van der Waals surface area contributed by atoms with Crippen LogP contribution in [-0.2, 0) is 0 Å². The standard InChI is InChI=1S/C13H16N2/c1-15-7-6-10(9-15)12-8-14-13-5-3-2-4-11(12)13/h2-5,8,10,14H,6-7,9H2,1H3/t10-/m1/s1. The molecule has 2 aromatic rings. The van der Waals surface area contributed by atoms with Crippen LogP contribution in [0.2, 0.25) is 0 Å². The molecule has 1 saturated heterocycles. The topological polar surface area (TPSA) is 19.0 Å². The van der Waals surface area contributed by atoms with Crippen molar-refractivity contribution in [2.45, 2.75) is 12.3 Å². The summed E-state index contributed by atoms with van der Waals surface area (Å²) in [5.74, 6) is 0.714. The molecular weight excluding hydrogens is 184 g/mol. The highest BCUT2D eigenvalue weighted by atomic mass is 15.1. The number of rotatable bonds is 1. The molecule has 1 aliphatic rings. The number of nitrogens with one attached hydrogen (secondary N) is 1. The molecule has 1 aromatic heterocycles. The van der Waals surface area contributed by atoms with Gasteiger partial charge in [0.1, 0.15) is 0 Å². The summed E-state index contributed by atoms with van der Waals surface area (Å²) in [4.78, 5) is 5.77. The third-order valence-electron chi connectivity index (χ3n) is 3.45. The van der Waals surface area contributed by atoms with Gasteiger partial charge in [0.2, 0.25) is 0 Å². The predicted octanol–water partition coefficient (Wildman–Crippen LogP) is 2.59. The Labute approximate surface area is 89.9 Å². The maximum absolute atomic E-state index is 3.36. The zero-order valence-corrected chi connectivity index (χ0v) is 9.03. The molecule has 0 bridgehead atoms. The summed E-state index contributed by atoms with van der Waals surface area (Å²) in [7, 11) is 2.20. The lowest BCUT2D eigenvalue weighted by molar-refractivity contribution is 0.412. The van der Waals surface area contributed by atoms with E-state index in [1.165, 1.54) is 36.0 Å². The molecule has 1 atom stereocenters. The van der Waals surface area contributed by atoms with Crippen LogP contribution >= 0.6 is 0 Å². The second-order valence-corrected chi connectivity index (χ2v) is 4.54. The Balaban J connectivity index is 2.04. The molecule has 2 heterocycles. The summed E-state index contributed by atoms with van der Waals surface area (Å²) in [6.07, 6.45) is 3.48. The smallest absolute Gasteiger partial charge is 0.0456 e. The molecule has 15 heavy (non-hydrogen) atoms. The maximum atomic E-state index is 3.36. The number of benzene rings is 1. The van der Waals surface area contributed by atoms with Crippen LogP contribution in [-0.4, -0.2) is 30.0 Å². The van der Waals surface area contributed by atoms with Gasteiger partial charge in [-0.2, -0.15) is 0 Å². The van der Waals surface area contributed by atoms with Gasteiger partial charge in [0.25, 0.3) is 0 Å². The fourth-order valence-electron chi connectivity index (χ4n) is 2.62. The maximum Gasteiger partial charge on any atom is 0.0456 e. The summed E-state index contributed by atoms with van der Waals surface area (Å²) in [6, 6.07) is 8.58. The molecule has 78 valence electrons. The van der Waals surface area contributed by atoms with Gasteiger partial charge in [0.15, 0.2) is 0 Å². The zero-order chi connectivity index (χ0) is 10.3. The van der Waals surface area contributed by atoms with Gasteiger partial charge in [-0.05, 0) is 37.6 Å². The minimum atomic E-state index is 0.714. The van der Waals surface area contributed by atoms with Crippen molar-refractivity contribution in [3.8, 4) is 0 Å². The van der Waals surface area contributed by atoms with Crippen molar-refractivity contribution in [2.24, 2.45) is 0 Å². The van der Waals surface area contributed by atoms with E-state index in [9.17, 15) is 0 Å². The van der Waals surface area contributed by atoms with Gasteiger partial charge in [-0.25, -0.2) is 0 Å². The van der Waals surface area contributed by atoms with E-state index >= 15 is 0 Å². The number of likely N-dealkylation sites (tertiary alicyclic amines) is 1. The molecule has 0 amide bonds. The van der Waals surface area contributed by atoms with Crippen molar-refractivity contribution in [3.63, 3.8) is 0 Å². The van der Waals surface area contributed by atoms with E-state index in [1.54, 1.807) is 0 Å². The van der Waals surface area contributed by atoms with Crippen LogP contribution in [0.4, 0.5) is 0 Å². The molecule has 0 saturated carbocycles. The number of para-hydroxylation sites is 1. The minimum absolute atomic E-state index is 0.714. The Hall–Kier alpha value is -1.28. The lowest BCUT2D eigenvalue weighted by Crippen LogP contribution is -2.13. The number of likely N-dealkylation sites (N-methyl/N-ethyl adjacent to an activating group) is 1. The van der Waals surface area contributed by atoms with Crippen LogP contribution in [0.15, 0.2) is 30.5 Å². The zero-order valence-electron chi connectivity index (χ0n) is 9.03. The van der Waals surface area contributed by atoms with Gasteiger partial charge >= 0.3 is 0 Å². The fourth-order valence-corrected chi connectivity index (χ4v) is 2.62. The van der Waals surface area contributed by atoms with E-state index in [0.717, 1.165) is 0 Å². The minimum Gasteiger partial charge on any atom is -0.361 e. The Bertz CT molecular complexity index is 472. The number of H-pyrrole nitrogens is 1. The van der Waals surface area contributed by atoms with E-state index in [4.69, 9.17) is 0 Å². The molecule has 0 radical (unpaired) electrons. The number of fused-ring (bicyclic) bond motifs is 1. The van der Waals surface area contributed by atoms with E-state index < -0.39 is 0 Å². The molecule has 1 aromatic carbocycles. The first-order valence-electron chi connectivity index (χ1n) is 5.59. The molecular formula is C13H16N2. The molecule has 1 aliphatic heterocycles. The summed E-state index contributed by atoms with van der Waals surface area (Å²) in [6.45, 7) is 2.42. The van der Waals surface area contributed by atoms with Gasteiger partial charge in [0, 0.05) is 23.6 Å². The highest BCUT2D eigenvalue weighted by molar-refractivity contribution is 5.83. The van der Waals surface area contributed by atoms with Gasteiger partial charge < -0.3 is 9.88 Å². The Morgan fingerprint density at radius 1 is 1.33 bits per heavy atom. The molecule has 2 heteroatoms.